The first-order valence-electron chi connectivity index (χ1n) is 6.27. The molecule has 20 heavy (non-hydrogen) atoms. The van der Waals surface area contributed by atoms with Crippen LogP contribution in [0.5, 0.6) is 11.5 Å². The van der Waals surface area contributed by atoms with Gasteiger partial charge in [0.1, 0.15) is 0 Å². The molecule has 0 atom stereocenters. The Morgan fingerprint density at radius 2 is 1.75 bits per heavy atom. The maximum atomic E-state index is 11.4. The van der Waals surface area contributed by atoms with E-state index in [0.717, 1.165) is 0 Å². The third-order valence-corrected chi connectivity index (χ3v) is 2.34. The zero-order valence-corrected chi connectivity index (χ0v) is 11.8. The predicted molar refractivity (Wildman–Crippen MR) is 71.0 cm³/mol. The van der Waals surface area contributed by atoms with Gasteiger partial charge in [-0.2, -0.15) is 0 Å². The summed E-state index contributed by atoms with van der Waals surface area (Å²) in [5, 5.41) is 0. The van der Waals surface area contributed by atoms with Crippen molar-refractivity contribution in [3.05, 3.63) is 23.8 Å². The van der Waals surface area contributed by atoms with Crippen LogP contribution in [0.2, 0.25) is 0 Å². The summed E-state index contributed by atoms with van der Waals surface area (Å²) in [5.74, 6) is 0.257. The molecule has 0 heterocycles. The molecule has 0 saturated carbocycles. The van der Waals surface area contributed by atoms with E-state index in [1.165, 1.54) is 7.11 Å². The van der Waals surface area contributed by atoms with Crippen LogP contribution in [0.1, 0.15) is 19.4 Å². The van der Waals surface area contributed by atoms with Gasteiger partial charge in [0.25, 0.3) is 0 Å². The van der Waals surface area contributed by atoms with E-state index in [-0.39, 0.29) is 24.7 Å². The summed E-state index contributed by atoms with van der Waals surface area (Å²) < 4.78 is 19.6. The Balaban J connectivity index is 2.79. The molecule has 0 fully saturated rings. The van der Waals surface area contributed by atoms with E-state index < -0.39 is 6.16 Å². The maximum Gasteiger partial charge on any atom is 0.513 e. The van der Waals surface area contributed by atoms with Gasteiger partial charge < -0.3 is 18.9 Å². The van der Waals surface area contributed by atoms with Crippen molar-refractivity contribution in [2.45, 2.75) is 20.3 Å². The van der Waals surface area contributed by atoms with Crippen LogP contribution >= 0.6 is 0 Å². The highest BCUT2D eigenvalue weighted by Gasteiger charge is 2.13. The Kier molecular flexibility index (Phi) is 6.36. The van der Waals surface area contributed by atoms with Gasteiger partial charge in [-0.05, 0) is 31.5 Å². The van der Waals surface area contributed by atoms with Gasteiger partial charge in [-0.25, -0.2) is 4.79 Å². The molecule has 1 aromatic carbocycles. The average Bonchev–Trinajstić information content (AvgIpc) is 2.41. The highest BCUT2D eigenvalue weighted by atomic mass is 16.7. The maximum absolute atomic E-state index is 11.4. The van der Waals surface area contributed by atoms with E-state index in [1.54, 1.807) is 32.0 Å². The first kappa shape index (κ1) is 15.8. The quantitative estimate of drug-likeness (QED) is 0.589. The van der Waals surface area contributed by atoms with E-state index in [2.05, 4.69) is 4.74 Å². The number of carbonyl (C=O) groups is 2. The SMILES string of the molecule is CCOC(=O)Cc1ccc(OC(=O)OCC)c(OC)c1. The molecular formula is C14H18O6. The Bertz CT molecular complexity index is 469. The second-order valence-electron chi connectivity index (χ2n) is 3.75. The molecule has 0 radical (unpaired) electrons. The monoisotopic (exact) mass is 282 g/mol. The standard InChI is InChI=1S/C14H18O6/c1-4-18-13(15)9-10-6-7-11(12(8-10)17-3)20-14(16)19-5-2/h6-8H,4-5,9H2,1-3H3. The number of rotatable bonds is 6. The molecule has 110 valence electrons. The number of ether oxygens (including phenoxy) is 4. The van der Waals surface area contributed by atoms with E-state index in [1.807, 2.05) is 0 Å². The van der Waals surface area contributed by atoms with Crippen molar-refractivity contribution in [3.63, 3.8) is 0 Å². The molecule has 0 N–H and O–H groups in total. The fourth-order valence-electron chi connectivity index (χ4n) is 1.52. The first-order chi connectivity index (χ1) is 9.60. The van der Waals surface area contributed by atoms with Crippen molar-refractivity contribution in [3.8, 4) is 11.5 Å². The molecule has 6 nitrogen and oxygen atoms in total. The number of methoxy groups -OCH3 is 1. The second kappa shape index (κ2) is 8.04. The average molecular weight is 282 g/mol. The minimum Gasteiger partial charge on any atom is -0.493 e. The minimum atomic E-state index is -0.802. The van der Waals surface area contributed by atoms with Crippen LogP contribution < -0.4 is 9.47 Å². The molecule has 0 amide bonds. The number of carbonyl (C=O) groups excluding carboxylic acids is 2. The Morgan fingerprint density at radius 1 is 1.05 bits per heavy atom. The normalized spacial score (nSPS) is 9.75. The molecule has 0 aliphatic carbocycles. The summed E-state index contributed by atoms with van der Waals surface area (Å²) in [7, 11) is 1.45. The van der Waals surface area contributed by atoms with Crippen LogP contribution in [0.25, 0.3) is 0 Å². The van der Waals surface area contributed by atoms with Gasteiger partial charge in [-0.1, -0.05) is 6.07 Å². The number of hydrogen-bond donors (Lipinski definition) is 0. The molecule has 6 heteroatoms. The minimum absolute atomic E-state index is 0.129. The molecule has 0 saturated heterocycles. The smallest absolute Gasteiger partial charge is 0.493 e. The fourth-order valence-corrected chi connectivity index (χ4v) is 1.52. The molecule has 0 unspecified atom stereocenters. The third-order valence-electron chi connectivity index (χ3n) is 2.34. The second-order valence-corrected chi connectivity index (χ2v) is 3.75. The lowest BCUT2D eigenvalue weighted by Crippen LogP contribution is -2.11. The summed E-state index contributed by atoms with van der Waals surface area (Å²) >= 11 is 0. The van der Waals surface area contributed by atoms with Crippen LogP contribution in [0.15, 0.2) is 18.2 Å². The summed E-state index contributed by atoms with van der Waals surface area (Å²) in [6, 6.07) is 4.82. The van der Waals surface area contributed by atoms with E-state index >= 15 is 0 Å². The van der Waals surface area contributed by atoms with Gasteiger partial charge >= 0.3 is 12.1 Å². The van der Waals surface area contributed by atoms with Gasteiger partial charge in [-0.15, -0.1) is 0 Å². The molecule has 0 aliphatic heterocycles. The lowest BCUT2D eigenvalue weighted by Gasteiger charge is -2.10. The van der Waals surface area contributed by atoms with Crippen LogP contribution in [-0.2, 0) is 20.7 Å². The summed E-state index contributed by atoms with van der Waals surface area (Å²) in [6.45, 7) is 3.98. The van der Waals surface area contributed by atoms with E-state index in [9.17, 15) is 9.59 Å². The van der Waals surface area contributed by atoms with Gasteiger partial charge in [-0.3, -0.25) is 4.79 Å². The van der Waals surface area contributed by atoms with Crippen LogP contribution in [0.4, 0.5) is 4.79 Å². The van der Waals surface area contributed by atoms with Gasteiger partial charge in [0, 0.05) is 0 Å². The molecule has 0 bridgehead atoms. The Morgan fingerprint density at radius 3 is 2.35 bits per heavy atom. The van der Waals surface area contributed by atoms with Gasteiger partial charge in [0.15, 0.2) is 11.5 Å². The van der Waals surface area contributed by atoms with Crippen LogP contribution in [0, 0.1) is 0 Å². The van der Waals surface area contributed by atoms with Gasteiger partial charge in [0.05, 0.1) is 26.7 Å². The van der Waals surface area contributed by atoms with Crippen molar-refractivity contribution < 1.29 is 28.5 Å². The highest BCUT2D eigenvalue weighted by molar-refractivity contribution is 5.73. The lowest BCUT2D eigenvalue weighted by molar-refractivity contribution is -0.142. The molecule has 1 aromatic rings. The summed E-state index contributed by atoms with van der Waals surface area (Å²) in [6.07, 6.45) is -0.673. The predicted octanol–water partition coefficient (Wildman–Crippen LogP) is 2.34. The molecule has 0 aromatic heterocycles. The van der Waals surface area contributed by atoms with Crippen molar-refractivity contribution >= 4 is 12.1 Å². The molecule has 1 rings (SSSR count). The first-order valence-corrected chi connectivity index (χ1v) is 6.27. The van der Waals surface area contributed by atoms with Crippen LogP contribution in [-0.4, -0.2) is 32.4 Å². The topological polar surface area (TPSA) is 71.1 Å². The van der Waals surface area contributed by atoms with Gasteiger partial charge in [0.2, 0.25) is 0 Å². The molecule has 0 spiro atoms. The zero-order valence-electron chi connectivity index (χ0n) is 11.8. The van der Waals surface area contributed by atoms with Crippen molar-refractivity contribution in [2.75, 3.05) is 20.3 Å². The van der Waals surface area contributed by atoms with Crippen LogP contribution in [0.3, 0.4) is 0 Å². The summed E-state index contributed by atoms with van der Waals surface area (Å²) in [5.41, 5.74) is 0.705. The van der Waals surface area contributed by atoms with E-state index in [0.29, 0.717) is 17.9 Å². The fraction of sp³-hybridized carbons (Fsp3) is 0.429. The van der Waals surface area contributed by atoms with E-state index in [4.69, 9.17) is 14.2 Å². The molecular weight excluding hydrogens is 264 g/mol. The van der Waals surface area contributed by atoms with Crippen molar-refractivity contribution in [2.24, 2.45) is 0 Å². The highest BCUT2D eigenvalue weighted by Crippen LogP contribution is 2.28. The van der Waals surface area contributed by atoms with Crippen molar-refractivity contribution in [1.29, 1.82) is 0 Å². The number of hydrogen-bond acceptors (Lipinski definition) is 6. The zero-order chi connectivity index (χ0) is 15.0. The number of esters is 1. The largest absolute Gasteiger partial charge is 0.513 e. The summed E-state index contributed by atoms with van der Waals surface area (Å²) in [4.78, 5) is 22.6. The van der Waals surface area contributed by atoms with Crippen molar-refractivity contribution in [1.82, 2.24) is 0 Å². The Hall–Kier alpha value is -2.24. The number of benzene rings is 1. The lowest BCUT2D eigenvalue weighted by atomic mass is 10.1. The Labute approximate surface area is 117 Å². The third kappa shape index (κ3) is 4.79. The molecule has 0 aliphatic rings.